The first-order valence-corrected chi connectivity index (χ1v) is 20.5. The highest BCUT2D eigenvalue weighted by Crippen LogP contribution is 2.61. The number of aryl methyl sites for hydroxylation is 1. The average molecular weight is 816 g/mol. The zero-order valence-corrected chi connectivity index (χ0v) is 33.4. The third-order valence-electron chi connectivity index (χ3n) is 14.5. The number of phenolic OH excluding ortho intramolecular Hbond substituents is 3. The fraction of sp³-hybridized carbons (Fsp3) is 0.533. The standard InChI is InChI=1S/C27H29NO11.C18H24O2/c1-10-22(31)13(28)6-17(38-10)39-15-8-27(36,16(30)9-29)7-12-19(15)26(35)21-20(24(12)33)23(32)11-4-3-5-14(37-2)18(11)25(21)34;1-18-9-8-14-13-5-3-12(19)10-11(13)2-4-15(14)16(18)6-7-17(18)20/h3-5,10,13,15,17,22,29,31,33,35-36H,6-9,28H2,1-2H3;3,5,10,14-17,19-20H,2,4,6-9H2,1H3/t10-,13-,15-,17-,22+,27-;14-,15-,16+,17+,18+/m01/s1. The molecule has 0 amide bonds. The molecular weight excluding hydrogens is 762 g/mol. The normalized spacial score (nSPS) is 34.2. The highest BCUT2D eigenvalue weighted by Gasteiger charge is 2.55. The van der Waals surface area contributed by atoms with Gasteiger partial charge in [-0.2, -0.15) is 0 Å². The van der Waals surface area contributed by atoms with Crippen molar-refractivity contribution in [3.8, 4) is 23.0 Å². The molecule has 6 aliphatic rings. The highest BCUT2D eigenvalue weighted by molar-refractivity contribution is 6.31. The molecule has 9 rings (SSSR count). The number of hydrogen-bond donors (Lipinski definition) is 8. The molecule has 316 valence electrons. The maximum Gasteiger partial charge on any atom is 0.202 e. The number of aromatic hydroxyl groups is 3. The van der Waals surface area contributed by atoms with Crippen LogP contribution >= 0.6 is 0 Å². The molecule has 9 N–H and O–H groups in total. The van der Waals surface area contributed by atoms with Gasteiger partial charge in [0.1, 0.15) is 35.2 Å². The van der Waals surface area contributed by atoms with Crippen molar-refractivity contribution in [1.82, 2.24) is 0 Å². The summed E-state index contributed by atoms with van der Waals surface area (Å²) in [5.41, 5.74) is 5.37. The second-order valence-electron chi connectivity index (χ2n) is 17.6. The summed E-state index contributed by atoms with van der Waals surface area (Å²) in [6, 6.07) is 9.59. The Morgan fingerprint density at radius 3 is 2.44 bits per heavy atom. The van der Waals surface area contributed by atoms with Gasteiger partial charge in [-0.25, -0.2) is 0 Å². The van der Waals surface area contributed by atoms with E-state index < -0.39 is 95.7 Å². The molecule has 1 aliphatic heterocycles. The van der Waals surface area contributed by atoms with Crippen LogP contribution in [-0.2, 0) is 27.1 Å². The van der Waals surface area contributed by atoms with E-state index in [1.807, 2.05) is 12.1 Å². The SMILES string of the molecule is COc1cccc2c1C(=O)c1c(O)c3c(c(O)c1C2=O)C[C@@](O)(C(=O)CO)C[C@@H]3O[C@H]1C[C@H](N)[C@H](O)[C@H](C)O1.C[C@]12CC[C@@H]3c4ccc(O)cc4CC[C@H]3[C@@H]1CC[C@@H]2O. The summed E-state index contributed by atoms with van der Waals surface area (Å²) in [4.78, 5) is 39.7. The van der Waals surface area contributed by atoms with Crippen LogP contribution in [0.5, 0.6) is 23.0 Å². The molecule has 2 saturated carbocycles. The summed E-state index contributed by atoms with van der Waals surface area (Å²) in [7, 11) is 1.32. The zero-order valence-electron chi connectivity index (χ0n) is 33.4. The van der Waals surface area contributed by atoms with Gasteiger partial charge < -0.3 is 55.7 Å². The number of aliphatic hydroxyl groups is 4. The van der Waals surface area contributed by atoms with Crippen LogP contribution in [0.3, 0.4) is 0 Å². The van der Waals surface area contributed by atoms with Crippen LogP contribution < -0.4 is 10.5 Å². The number of phenols is 3. The molecular formula is C45H53NO13. The number of hydrogen-bond acceptors (Lipinski definition) is 14. The molecule has 3 aromatic rings. The van der Waals surface area contributed by atoms with Gasteiger partial charge in [0.05, 0.1) is 48.2 Å². The van der Waals surface area contributed by atoms with Gasteiger partial charge in [0.2, 0.25) is 5.78 Å². The van der Waals surface area contributed by atoms with E-state index in [1.54, 1.807) is 6.92 Å². The number of methoxy groups -OCH3 is 1. The van der Waals surface area contributed by atoms with Gasteiger partial charge in [-0.05, 0) is 97.9 Å². The average Bonchev–Trinajstić information content (AvgIpc) is 3.52. The van der Waals surface area contributed by atoms with Gasteiger partial charge in [-0.15, -0.1) is 0 Å². The van der Waals surface area contributed by atoms with E-state index >= 15 is 0 Å². The van der Waals surface area contributed by atoms with Gasteiger partial charge in [0.15, 0.2) is 17.9 Å². The Morgan fingerprint density at radius 1 is 0.983 bits per heavy atom. The molecule has 1 saturated heterocycles. The number of rotatable bonds is 5. The van der Waals surface area contributed by atoms with E-state index in [4.69, 9.17) is 19.9 Å². The van der Waals surface area contributed by atoms with Gasteiger partial charge in [0.25, 0.3) is 0 Å². The van der Waals surface area contributed by atoms with Crippen molar-refractivity contribution in [3.05, 3.63) is 80.9 Å². The number of aliphatic hydroxyl groups excluding tert-OH is 3. The largest absolute Gasteiger partial charge is 0.508 e. The lowest BCUT2D eigenvalue weighted by molar-refractivity contribution is -0.247. The van der Waals surface area contributed by atoms with Crippen molar-refractivity contribution in [2.24, 2.45) is 23.0 Å². The Balaban J connectivity index is 0.000000201. The fourth-order valence-corrected chi connectivity index (χ4v) is 11.3. The molecule has 0 aromatic heterocycles. The van der Waals surface area contributed by atoms with Crippen molar-refractivity contribution in [1.29, 1.82) is 0 Å². The lowest BCUT2D eigenvalue weighted by Crippen LogP contribution is -2.53. The first-order chi connectivity index (χ1) is 28.0. The van der Waals surface area contributed by atoms with Crippen LogP contribution in [0.2, 0.25) is 0 Å². The predicted molar refractivity (Wildman–Crippen MR) is 210 cm³/mol. The summed E-state index contributed by atoms with van der Waals surface area (Å²) >= 11 is 0. The minimum Gasteiger partial charge on any atom is -0.508 e. The van der Waals surface area contributed by atoms with Gasteiger partial charge >= 0.3 is 0 Å². The number of nitrogens with two attached hydrogens (primary N) is 1. The summed E-state index contributed by atoms with van der Waals surface area (Å²) < 4.78 is 17.0. The number of Topliss-reactive ketones (excluding diaryl/α,β-unsaturated/α-hetero) is 1. The number of fused-ring (bicyclic) bond motifs is 8. The Bertz CT molecular complexity index is 2190. The highest BCUT2D eigenvalue weighted by atomic mass is 16.7. The Morgan fingerprint density at radius 2 is 1.73 bits per heavy atom. The molecule has 1 heterocycles. The first-order valence-electron chi connectivity index (χ1n) is 20.5. The second kappa shape index (κ2) is 15.2. The second-order valence-corrected chi connectivity index (χ2v) is 17.6. The number of ether oxygens (including phenoxy) is 3. The Kier molecular flexibility index (Phi) is 10.7. The van der Waals surface area contributed by atoms with Crippen LogP contribution in [0.25, 0.3) is 0 Å². The molecule has 0 spiro atoms. The maximum absolute atomic E-state index is 13.6. The quantitative estimate of drug-likeness (QED) is 0.134. The third kappa shape index (κ3) is 6.64. The van der Waals surface area contributed by atoms with Crippen molar-refractivity contribution in [3.63, 3.8) is 0 Å². The Labute approximate surface area is 341 Å². The first kappa shape index (κ1) is 41.3. The summed E-state index contributed by atoms with van der Waals surface area (Å²) in [5.74, 6) is -1.29. The van der Waals surface area contributed by atoms with E-state index in [-0.39, 0.29) is 45.9 Å². The van der Waals surface area contributed by atoms with Crippen LogP contribution in [0.15, 0.2) is 36.4 Å². The smallest absolute Gasteiger partial charge is 0.202 e. The monoisotopic (exact) mass is 815 g/mol. The molecule has 0 bridgehead atoms. The van der Waals surface area contributed by atoms with E-state index in [0.717, 1.165) is 25.2 Å². The summed E-state index contributed by atoms with van der Waals surface area (Å²) in [6.07, 6.45) is 1.66. The molecule has 11 atom stereocenters. The predicted octanol–water partition coefficient (Wildman–Crippen LogP) is 3.61. The summed E-state index contributed by atoms with van der Waals surface area (Å²) in [6.45, 7) is 2.88. The molecule has 14 nitrogen and oxygen atoms in total. The molecule has 0 radical (unpaired) electrons. The van der Waals surface area contributed by atoms with Crippen molar-refractivity contribution in [2.45, 2.75) is 120 Å². The van der Waals surface area contributed by atoms with Crippen LogP contribution in [0, 0.1) is 17.3 Å². The number of benzene rings is 3. The molecule has 3 fully saturated rings. The third-order valence-corrected chi connectivity index (χ3v) is 14.5. The lowest BCUT2D eigenvalue weighted by Gasteiger charge is -2.50. The number of carbonyl (C=O) groups excluding carboxylic acids is 3. The molecule has 14 heteroatoms. The van der Waals surface area contributed by atoms with E-state index in [9.17, 15) is 50.1 Å². The fourth-order valence-electron chi connectivity index (χ4n) is 11.3. The van der Waals surface area contributed by atoms with Crippen LogP contribution in [0.1, 0.15) is 125 Å². The van der Waals surface area contributed by atoms with E-state index in [1.165, 1.54) is 55.7 Å². The van der Waals surface area contributed by atoms with Crippen LogP contribution in [-0.4, -0.2) is 103 Å². The topological polar surface area (TPSA) is 247 Å². The number of carbonyl (C=O) groups is 3. The summed E-state index contributed by atoms with van der Waals surface area (Å²) in [5, 5.41) is 73.7. The molecule has 0 unspecified atom stereocenters. The molecule has 59 heavy (non-hydrogen) atoms. The number of ketones is 3. The van der Waals surface area contributed by atoms with Crippen molar-refractivity contribution in [2.75, 3.05) is 13.7 Å². The van der Waals surface area contributed by atoms with Crippen molar-refractivity contribution < 1.29 is 64.3 Å². The van der Waals surface area contributed by atoms with E-state index in [2.05, 4.69) is 13.0 Å². The minimum atomic E-state index is -2.24. The van der Waals surface area contributed by atoms with E-state index in [0.29, 0.717) is 17.6 Å². The molecule has 5 aliphatic carbocycles. The van der Waals surface area contributed by atoms with Crippen LogP contribution in [0.4, 0.5) is 0 Å². The van der Waals surface area contributed by atoms with Gasteiger partial charge in [-0.1, -0.05) is 25.1 Å². The lowest BCUT2D eigenvalue weighted by atomic mass is 9.55. The van der Waals surface area contributed by atoms with Gasteiger partial charge in [0, 0.05) is 42.0 Å². The maximum atomic E-state index is 13.6. The minimum absolute atomic E-state index is 0.0173. The Hall–Kier alpha value is -4.41. The molecule has 3 aromatic carbocycles. The zero-order chi connectivity index (χ0) is 42.3. The van der Waals surface area contributed by atoms with Gasteiger partial charge in [-0.3, -0.25) is 14.4 Å². The van der Waals surface area contributed by atoms with Crippen molar-refractivity contribution >= 4 is 17.3 Å².